The number of nitrogens with zero attached hydrogens (tertiary/aromatic N) is 5. The third-order valence-corrected chi connectivity index (χ3v) is 5.18. The average molecular weight is 399 g/mol. The number of benzene rings is 1. The molecule has 154 valence electrons. The minimum Gasteiger partial charge on any atom is -0.480 e. The summed E-state index contributed by atoms with van der Waals surface area (Å²) >= 11 is 0. The molecule has 1 aliphatic heterocycles. The molecule has 0 aliphatic carbocycles. The Morgan fingerprint density at radius 2 is 2.00 bits per heavy atom. The Kier molecular flexibility index (Phi) is 6.58. The average Bonchev–Trinajstić information content (AvgIpc) is 3.08. The van der Waals surface area contributed by atoms with Gasteiger partial charge in [0.25, 0.3) is 5.91 Å². The molecule has 3 rings (SSSR count). The van der Waals surface area contributed by atoms with E-state index in [0.717, 1.165) is 5.56 Å². The van der Waals surface area contributed by atoms with Gasteiger partial charge in [0.2, 0.25) is 5.91 Å². The number of aromatic nitrogens is 3. The standard InChI is InChI=1S/C20H25N5O4/c1-15(26)25(12-19(27)28)17-6-4-9-23(10-8-17)20(29)18-7-3-2-5-16(18)11-24-14-21-13-22-24/h2-3,5,7,13-14,17H,4,6,8-12H2,1H3,(H,27,28). The van der Waals surface area contributed by atoms with Gasteiger partial charge in [-0.05, 0) is 30.9 Å². The van der Waals surface area contributed by atoms with Gasteiger partial charge in [0.15, 0.2) is 0 Å². The Balaban J connectivity index is 1.71. The highest BCUT2D eigenvalue weighted by Gasteiger charge is 2.28. The topological polar surface area (TPSA) is 109 Å². The Bertz CT molecular complexity index is 868. The van der Waals surface area contributed by atoms with Crippen molar-refractivity contribution in [1.82, 2.24) is 24.6 Å². The molecule has 0 bridgehead atoms. The van der Waals surface area contributed by atoms with Gasteiger partial charge in [-0.15, -0.1) is 0 Å². The number of hydrogen-bond acceptors (Lipinski definition) is 5. The van der Waals surface area contributed by atoms with Gasteiger partial charge in [0, 0.05) is 31.6 Å². The molecule has 1 atom stereocenters. The zero-order valence-corrected chi connectivity index (χ0v) is 16.4. The summed E-state index contributed by atoms with van der Waals surface area (Å²) in [6, 6.07) is 7.26. The Morgan fingerprint density at radius 3 is 2.69 bits per heavy atom. The van der Waals surface area contributed by atoms with E-state index >= 15 is 0 Å². The largest absolute Gasteiger partial charge is 0.480 e. The van der Waals surface area contributed by atoms with Gasteiger partial charge in [-0.3, -0.25) is 14.4 Å². The van der Waals surface area contributed by atoms with Crippen molar-refractivity contribution < 1.29 is 19.5 Å². The van der Waals surface area contributed by atoms with E-state index in [0.29, 0.717) is 44.5 Å². The van der Waals surface area contributed by atoms with Crippen LogP contribution in [0.4, 0.5) is 0 Å². The molecule has 2 aromatic rings. The normalized spacial score (nSPS) is 16.9. The summed E-state index contributed by atoms with van der Waals surface area (Å²) in [6.07, 6.45) is 5.01. The molecule has 9 heteroatoms. The molecule has 29 heavy (non-hydrogen) atoms. The number of likely N-dealkylation sites (tertiary alicyclic amines) is 1. The highest BCUT2D eigenvalue weighted by Crippen LogP contribution is 2.20. The van der Waals surface area contributed by atoms with Crippen LogP contribution < -0.4 is 0 Å². The molecule has 1 N–H and O–H groups in total. The van der Waals surface area contributed by atoms with Gasteiger partial charge in [0.1, 0.15) is 19.2 Å². The molecule has 0 saturated carbocycles. The van der Waals surface area contributed by atoms with Crippen LogP contribution in [0.3, 0.4) is 0 Å². The Morgan fingerprint density at radius 1 is 1.21 bits per heavy atom. The lowest BCUT2D eigenvalue weighted by molar-refractivity contribution is -0.145. The zero-order valence-electron chi connectivity index (χ0n) is 16.4. The second kappa shape index (κ2) is 9.31. The van der Waals surface area contributed by atoms with Crippen LogP contribution in [-0.4, -0.2) is 73.1 Å². The summed E-state index contributed by atoms with van der Waals surface area (Å²) in [5.41, 5.74) is 1.48. The number of carbonyl (C=O) groups excluding carboxylic acids is 2. The molecule has 1 fully saturated rings. The maximum Gasteiger partial charge on any atom is 0.323 e. The van der Waals surface area contributed by atoms with Crippen molar-refractivity contribution in [2.24, 2.45) is 0 Å². The maximum atomic E-state index is 13.2. The van der Waals surface area contributed by atoms with Crippen LogP contribution in [0.25, 0.3) is 0 Å². The van der Waals surface area contributed by atoms with Crippen LogP contribution in [0.15, 0.2) is 36.9 Å². The number of rotatable bonds is 6. The Labute approximate surface area is 168 Å². The van der Waals surface area contributed by atoms with Crippen molar-refractivity contribution in [3.05, 3.63) is 48.0 Å². The summed E-state index contributed by atoms with van der Waals surface area (Å²) in [7, 11) is 0. The number of carbonyl (C=O) groups is 3. The van der Waals surface area contributed by atoms with Crippen LogP contribution in [0.2, 0.25) is 0 Å². The molecular formula is C20H25N5O4. The van der Waals surface area contributed by atoms with E-state index in [2.05, 4.69) is 10.1 Å². The van der Waals surface area contributed by atoms with Crippen LogP contribution in [0.5, 0.6) is 0 Å². The second-order valence-electron chi connectivity index (χ2n) is 7.17. The number of hydrogen-bond donors (Lipinski definition) is 1. The quantitative estimate of drug-likeness (QED) is 0.783. The first-order chi connectivity index (χ1) is 14.0. The van der Waals surface area contributed by atoms with Crippen molar-refractivity contribution in [2.75, 3.05) is 19.6 Å². The van der Waals surface area contributed by atoms with Gasteiger partial charge in [-0.25, -0.2) is 9.67 Å². The molecule has 2 heterocycles. The van der Waals surface area contributed by atoms with Crippen LogP contribution in [-0.2, 0) is 16.1 Å². The maximum absolute atomic E-state index is 13.2. The third-order valence-electron chi connectivity index (χ3n) is 5.18. The SMILES string of the molecule is CC(=O)N(CC(=O)O)C1CCCN(C(=O)c2ccccc2Cn2cncn2)CC1. The number of amides is 2. The second-order valence-corrected chi connectivity index (χ2v) is 7.17. The van der Waals surface area contributed by atoms with E-state index in [9.17, 15) is 14.4 Å². The predicted molar refractivity (Wildman–Crippen MR) is 104 cm³/mol. The summed E-state index contributed by atoms with van der Waals surface area (Å²) in [5.74, 6) is -1.34. The van der Waals surface area contributed by atoms with E-state index in [1.807, 2.05) is 24.3 Å². The lowest BCUT2D eigenvalue weighted by Crippen LogP contribution is -2.43. The fourth-order valence-corrected chi connectivity index (χ4v) is 3.76. The predicted octanol–water partition coefficient (Wildman–Crippen LogP) is 1.25. The van der Waals surface area contributed by atoms with Gasteiger partial charge in [-0.1, -0.05) is 18.2 Å². The summed E-state index contributed by atoms with van der Waals surface area (Å²) in [5, 5.41) is 13.2. The number of aliphatic carboxylic acids is 1. The number of carboxylic acid groups (broad SMARTS) is 1. The zero-order chi connectivity index (χ0) is 20.8. The highest BCUT2D eigenvalue weighted by molar-refractivity contribution is 5.95. The van der Waals surface area contributed by atoms with Crippen molar-refractivity contribution >= 4 is 17.8 Å². The van der Waals surface area contributed by atoms with E-state index in [1.54, 1.807) is 15.9 Å². The molecule has 2 amide bonds. The van der Waals surface area contributed by atoms with Gasteiger partial charge in [0.05, 0.1) is 6.54 Å². The first-order valence-electron chi connectivity index (χ1n) is 9.64. The van der Waals surface area contributed by atoms with E-state index in [-0.39, 0.29) is 24.4 Å². The van der Waals surface area contributed by atoms with Gasteiger partial charge < -0.3 is 14.9 Å². The molecule has 0 spiro atoms. The van der Waals surface area contributed by atoms with Crippen LogP contribution in [0.1, 0.15) is 42.1 Å². The van der Waals surface area contributed by atoms with E-state index < -0.39 is 5.97 Å². The third kappa shape index (κ3) is 5.18. The minimum atomic E-state index is -1.03. The Hall–Kier alpha value is -3.23. The molecule has 1 aromatic heterocycles. The van der Waals surface area contributed by atoms with Gasteiger partial charge >= 0.3 is 5.97 Å². The molecular weight excluding hydrogens is 374 g/mol. The number of carboxylic acids is 1. The first kappa shape index (κ1) is 20.5. The van der Waals surface area contributed by atoms with Crippen molar-refractivity contribution in [3.63, 3.8) is 0 Å². The van der Waals surface area contributed by atoms with Crippen molar-refractivity contribution in [2.45, 2.75) is 38.8 Å². The van der Waals surface area contributed by atoms with Crippen LogP contribution in [0, 0.1) is 0 Å². The molecule has 1 unspecified atom stereocenters. The molecule has 1 saturated heterocycles. The lowest BCUT2D eigenvalue weighted by atomic mass is 10.1. The van der Waals surface area contributed by atoms with Crippen molar-refractivity contribution in [1.29, 1.82) is 0 Å². The first-order valence-corrected chi connectivity index (χ1v) is 9.64. The monoisotopic (exact) mass is 399 g/mol. The summed E-state index contributed by atoms with van der Waals surface area (Å²) < 4.78 is 1.67. The minimum absolute atomic E-state index is 0.0611. The van der Waals surface area contributed by atoms with Crippen LogP contribution >= 0.6 is 0 Å². The van der Waals surface area contributed by atoms with Crippen molar-refractivity contribution in [3.8, 4) is 0 Å². The highest BCUT2D eigenvalue weighted by atomic mass is 16.4. The molecule has 1 aromatic carbocycles. The fourth-order valence-electron chi connectivity index (χ4n) is 3.76. The molecule has 9 nitrogen and oxygen atoms in total. The van der Waals surface area contributed by atoms with E-state index in [4.69, 9.17) is 5.11 Å². The summed E-state index contributed by atoms with van der Waals surface area (Å²) in [6.45, 7) is 2.58. The summed E-state index contributed by atoms with van der Waals surface area (Å²) in [4.78, 5) is 43.3. The fraction of sp³-hybridized carbons (Fsp3) is 0.450. The molecule has 0 radical (unpaired) electrons. The van der Waals surface area contributed by atoms with E-state index in [1.165, 1.54) is 18.2 Å². The molecule has 1 aliphatic rings. The smallest absolute Gasteiger partial charge is 0.323 e. The van der Waals surface area contributed by atoms with Gasteiger partial charge in [-0.2, -0.15) is 5.10 Å². The lowest BCUT2D eigenvalue weighted by Gasteiger charge is -2.29.